The summed E-state index contributed by atoms with van der Waals surface area (Å²) in [5, 5.41) is 0. The van der Waals surface area contributed by atoms with Gasteiger partial charge < -0.3 is 9.47 Å². The molecule has 0 saturated heterocycles. The van der Waals surface area contributed by atoms with E-state index in [1.54, 1.807) is 6.92 Å². The predicted octanol–water partition coefficient (Wildman–Crippen LogP) is 2.45. The molecule has 1 aromatic carbocycles. The molecule has 0 fully saturated rings. The molecule has 0 radical (unpaired) electrons. The van der Waals surface area contributed by atoms with E-state index in [2.05, 4.69) is 15.9 Å². The molecule has 0 saturated carbocycles. The first kappa shape index (κ1) is 12.7. The molecule has 4 nitrogen and oxygen atoms in total. The van der Waals surface area contributed by atoms with Crippen molar-refractivity contribution < 1.29 is 19.1 Å². The maximum atomic E-state index is 11.5. The fourth-order valence-electron chi connectivity index (χ4n) is 1.21. The third kappa shape index (κ3) is 2.61. The Kier molecular flexibility index (Phi) is 4.49. The third-order valence-electron chi connectivity index (χ3n) is 1.95. The monoisotopic (exact) mass is 286 g/mol. The number of hydrogen-bond donors (Lipinski definition) is 0. The van der Waals surface area contributed by atoms with E-state index in [4.69, 9.17) is 9.47 Å². The summed E-state index contributed by atoms with van der Waals surface area (Å²) in [6.07, 6.45) is 0.598. The van der Waals surface area contributed by atoms with Crippen molar-refractivity contribution in [3.63, 3.8) is 0 Å². The lowest BCUT2D eigenvalue weighted by atomic mass is 10.1. The third-order valence-corrected chi connectivity index (χ3v) is 2.57. The van der Waals surface area contributed by atoms with Crippen LogP contribution in [0.5, 0.6) is 5.75 Å². The topological polar surface area (TPSA) is 52.6 Å². The van der Waals surface area contributed by atoms with Gasteiger partial charge in [-0.15, -0.1) is 0 Å². The maximum Gasteiger partial charge on any atom is 0.338 e. The largest absolute Gasteiger partial charge is 0.496 e. The average molecular weight is 287 g/mol. The van der Waals surface area contributed by atoms with Crippen LogP contribution in [0.1, 0.15) is 27.6 Å². The molecular formula is C11H11BrO4. The van der Waals surface area contributed by atoms with Gasteiger partial charge in [0.2, 0.25) is 0 Å². The van der Waals surface area contributed by atoms with E-state index in [9.17, 15) is 9.59 Å². The number of aldehydes is 1. The van der Waals surface area contributed by atoms with Gasteiger partial charge in [0.1, 0.15) is 5.75 Å². The van der Waals surface area contributed by atoms with Gasteiger partial charge >= 0.3 is 5.97 Å². The van der Waals surface area contributed by atoms with E-state index < -0.39 is 5.97 Å². The Labute approximate surface area is 102 Å². The first-order valence-electron chi connectivity index (χ1n) is 4.63. The molecule has 0 unspecified atom stereocenters. The Bertz CT molecular complexity index is 415. The summed E-state index contributed by atoms with van der Waals surface area (Å²) in [5.41, 5.74) is 0.475. The predicted molar refractivity (Wildman–Crippen MR) is 62.0 cm³/mol. The van der Waals surface area contributed by atoms with Crippen molar-refractivity contribution >= 4 is 28.2 Å². The van der Waals surface area contributed by atoms with Gasteiger partial charge in [0.25, 0.3) is 0 Å². The number of hydrogen-bond acceptors (Lipinski definition) is 4. The molecule has 16 heavy (non-hydrogen) atoms. The Morgan fingerprint density at radius 2 is 2.19 bits per heavy atom. The summed E-state index contributed by atoms with van der Waals surface area (Å²) in [6.45, 7) is 1.97. The van der Waals surface area contributed by atoms with E-state index in [1.807, 2.05) is 0 Å². The average Bonchev–Trinajstić information content (AvgIpc) is 2.29. The number of carbonyl (C=O) groups is 2. The van der Waals surface area contributed by atoms with Crippen molar-refractivity contribution in [2.24, 2.45) is 0 Å². The standard InChI is InChI=1S/C11H11BrO4/c1-3-16-11(14)8-5-9(12)10(15-2)4-7(8)6-13/h4-6H,3H2,1-2H3. The van der Waals surface area contributed by atoms with Gasteiger partial charge in [0.05, 0.1) is 23.8 Å². The first-order chi connectivity index (χ1) is 7.63. The molecule has 0 spiro atoms. The van der Waals surface area contributed by atoms with Crippen molar-refractivity contribution in [2.75, 3.05) is 13.7 Å². The van der Waals surface area contributed by atoms with Crippen LogP contribution in [0.3, 0.4) is 0 Å². The molecule has 0 heterocycles. The van der Waals surface area contributed by atoms with Gasteiger partial charge in [-0.2, -0.15) is 0 Å². The van der Waals surface area contributed by atoms with Crippen molar-refractivity contribution in [1.82, 2.24) is 0 Å². The number of halogens is 1. The number of esters is 1. The zero-order chi connectivity index (χ0) is 12.1. The molecule has 5 heteroatoms. The summed E-state index contributed by atoms with van der Waals surface area (Å²) in [4.78, 5) is 22.4. The van der Waals surface area contributed by atoms with Crippen LogP contribution in [-0.4, -0.2) is 26.0 Å². The van der Waals surface area contributed by atoms with Crippen molar-refractivity contribution in [1.29, 1.82) is 0 Å². The van der Waals surface area contributed by atoms with Gasteiger partial charge in [-0.1, -0.05) is 0 Å². The van der Waals surface area contributed by atoms with E-state index in [1.165, 1.54) is 19.2 Å². The second-order valence-electron chi connectivity index (χ2n) is 2.91. The second-order valence-corrected chi connectivity index (χ2v) is 3.77. The van der Waals surface area contributed by atoms with Crippen LogP contribution < -0.4 is 4.74 Å². The van der Waals surface area contributed by atoms with Crippen molar-refractivity contribution in [3.05, 3.63) is 27.7 Å². The molecule has 0 amide bonds. The van der Waals surface area contributed by atoms with Crippen LogP contribution in [0.15, 0.2) is 16.6 Å². The molecule has 0 atom stereocenters. The molecule has 0 aromatic heterocycles. The van der Waals surface area contributed by atoms with Crippen LogP contribution in [0, 0.1) is 0 Å². The Balaban J connectivity index is 3.22. The summed E-state index contributed by atoms with van der Waals surface area (Å²) in [5.74, 6) is -0.0249. The minimum absolute atomic E-state index is 0.226. The van der Waals surface area contributed by atoms with Crippen LogP contribution in [0.4, 0.5) is 0 Å². The summed E-state index contributed by atoms with van der Waals surface area (Å²) in [6, 6.07) is 3.00. The molecule has 1 rings (SSSR count). The maximum absolute atomic E-state index is 11.5. The highest BCUT2D eigenvalue weighted by Crippen LogP contribution is 2.28. The number of carbonyl (C=O) groups excluding carboxylic acids is 2. The van der Waals surface area contributed by atoms with Crippen LogP contribution in [0.2, 0.25) is 0 Å². The quantitative estimate of drug-likeness (QED) is 0.630. The van der Waals surface area contributed by atoms with Crippen LogP contribution in [0.25, 0.3) is 0 Å². The van der Waals surface area contributed by atoms with E-state index >= 15 is 0 Å². The minimum atomic E-state index is -0.520. The lowest BCUT2D eigenvalue weighted by molar-refractivity contribution is 0.0524. The van der Waals surface area contributed by atoms with E-state index in [0.29, 0.717) is 16.5 Å². The van der Waals surface area contributed by atoms with Crippen LogP contribution >= 0.6 is 15.9 Å². The number of rotatable bonds is 4. The van der Waals surface area contributed by atoms with E-state index in [0.717, 1.165) is 0 Å². The molecule has 0 bridgehead atoms. The molecule has 86 valence electrons. The van der Waals surface area contributed by atoms with Crippen molar-refractivity contribution in [2.45, 2.75) is 6.92 Å². The smallest absolute Gasteiger partial charge is 0.338 e. The number of ether oxygens (including phenoxy) is 2. The highest BCUT2D eigenvalue weighted by atomic mass is 79.9. The van der Waals surface area contributed by atoms with Crippen LogP contribution in [-0.2, 0) is 4.74 Å². The molecular weight excluding hydrogens is 276 g/mol. The summed E-state index contributed by atoms with van der Waals surface area (Å²) < 4.78 is 10.5. The van der Waals surface area contributed by atoms with Crippen molar-refractivity contribution in [3.8, 4) is 5.75 Å². The minimum Gasteiger partial charge on any atom is -0.496 e. The van der Waals surface area contributed by atoms with Gasteiger partial charge in [0.15, 0.2) is 6.29 Å². The summed E-state index contributed by atoms with van der Waals surface area (Å²) in [7, 11) is 1.48. The van der Waals surface area contributed by atoms with E-state index in [-0.39, 0.29) is 17.7 Å². The number of benzene rings is 1. The zero-order valence-corrected chi connectivity index (χ0v) is 10.5. The SMILES string of the molecule is CCOC(=O)c1cc(Br)c(OC)cc1C=O. The molecule has 0 aliphatic heterocycles. The fourth-order valence-corrected chi connectivity index (χ4v) is 1.71. The van der Waals surface area contributed by atoms with Gasteiger partial charge in [0, 0.05) is 5.56 Å². The Morgan fingerprint density at radius 3 is 2.69 bits per heavy atom. The lowest BCUT2D eigenvalue weighted by Crippen LogP contribution is -2.08. The molecule has 0 aliphatic carbocycles. The lowest BCUT2D eigenvalue weighted by Gasteiger charge is -2.08. The molecule has 0 N–H and O–H groups in total. The Hall–Kier alpha value is -1.36. The number of methoxy groups -OCH3 is 1. The van der Waals surface area contributed by atoms with Gasteiger partial charge in [-0.05, 0) is 35.0 Å². The van der Waals surface area contributed by atoms with Gasteiger partial charge in [-0.25, -0.2) is 4.79 Å². The second kappa shape index (κ2) is 5.65. The zero-order valence-electron chi connectivity index (χ0n) is 8.95. The first-order valence-corrected chi connectivity index (χ1v) is 5.43. The summed E-state index contributed by atoms with van der Waals surface area (Å²) >= 11 is 3.24. The molecule has 0 aliphatic rings. The molecule has 1 aromatic rings. The highest BCUT2D eigenvalue weighted by molar-refractivity contribution is 9.10. The van der Waals surface area contributed by atoms with Gasteiger partial charge in [-0.3, -0.25) is 4.79 Å². The highest BCUT2D eigenvalue weighted by Gasteiger charge is 2.15. The Morgan fingerprint density at radius 1 is 1.50 bits per heavy atom. The normalized spacial score (nSPS) is 9.69. The fraction of sp³-hybridized carbons (Fsp3) is 0.273.